The molecule has 0 aliphatic carbocycles. The number of aromatic nitrogens is 2. The van der Waals surface area contributed by atoms with Gasteiger partial charge in [0.05, 0.1) is 12.0 Å². The van der Waals surface area contributed by atoms with Crippen molar-refractivity contribution in [1.82, 2.24) is 15.1 Å². The Morgan fingerprint density at radius 2 is 1.77 bits per heavy atom. The Morgan fingerprint density at radius 1 is 1.03 bits per heavy atom. The number of carbonyl (C=O) groups excluding carboxylic acids is 1. The second kappa shape index (κ2) is 11.3. The molecule has 1 amide bonds. The predicted octanol–water partition coefficient (Wildman–Crippen LogP) is 3.92. The van der Waals surface area contributed by atoms with Crippen LogP contribution in [0.3, 0.4) is 0 Å². The zero-order chi connectivity index (χ0) is 27.6. The van der Waals surface area contributed by atoms with Gasteiger partial charge < -0.3 is 19.4 Å². The molecule has 10 nitrogen and oxygen atoms in total. The number of hydrogen-bond donors (Lipinski definition) is 1. The molecule has 0 bridgehead atoms. The minimum absolute atomic E-state index is 0. The number of hydrogen-bond acceptors (Lipinski definition) is 8. The maximum Gasteiger partial charge on any atom is 0.263 e. The van der Waals surface area contributed by atoms with Gasteiger partial charge >= 0.3 is 0 Å². The lowest BCUT2D eigenvalue weighted by Crippen LogP contribution is -2.55. The van der Waals surface area contributed by atoms with Crippen molar-refractivity contribution in [2.45, 2.75) is 30.7 Å². The molecule has 2 aliphatic rings. The Kier molecular flexibility index (Phi) is 7.81. The zero-order valence-electron chi connectivity index (χ0n) is 21.9. The van der Waals surface area contributed by atoms with Crippen LogP contribution >= 0.6 is 11.6 Å². The van der Waals surface area contributed by atoms with Gasteiger partial charge in [0.25, 0.3) is 10.0 Å². The molecule has 1 saturated heterocycles. The molecule has 1 fully saturated rings. The van der Waals surface area contributed by atoms with Gasteiger partial charge in [-0.1, -0.05) is 11.6 Å². The van der Waals surface area contributed by atoms with Crippen LogP contribution in [0.2, 0.25) is 5.02 Å². The fourth-order valence-corrected chi connectivity index (χ4v) is 6.29. The molecular weight excluding hydrogens is 540 g/mol. The van der Waals surface area contributed by atoms with E-state index < -0.39 is 10.0 Å². The van der Waals surface area contributed by atoms with Crippen LogP contribution in [0.15, 0.2) is 59.5 Å². The van der Waals surface area contributed by atoms with Gasteiger partial charge in [-0.15, -0.1) is 10.2 Å². The van der Waals surface area contributed by atoms with Crippen LogP contribution in [0.4, 0.5) is 17.2 Å². The molecule has 2 aliphatic heterocycles. The number of anilines is 3. The van der Waals surface area contributed by atoms with Crippen LogP contribution in [0.25, 0.3) is 0 Å². The number of rotatable bonds is 7. The number of amides is 1. The molecule has 1 aromatic heterocycles. The van der Waals surface area contributed by atoms with Crippen molar-refractivity contribution in [3.63, 3.8) is 0 Å². The summed E-state index contributed by atoms with van der Waals surface area (Å²) in [5, 5.41) is 8.31. The van der Waals surface area contributed by atoms with Crippen molar-refractivity contribution in [2.24, 2.45) is 0 Å². The summed E-state index contributed by atoms with van der Waals surface area (Å²) in [6.07, 6.45) is 1.96. The molecule has 1 N–H and O–H groups in total. The van der Waals surface area contributed by atoms with Crippen molar-refractivity contribution in [3.05, 3.63) is 65.2 Å². The average Bonchev–Trinajstić information content (AvgIpc) is 2.96. The minimum Gasteiger partial charge on any atom is -0.480 e. The van der Waals surface area contributed by atoms with Crippen molar-refractivity contribution in [3.8, 4) is 5.88 Å². The van der Waals surface area contributed by atoms with E-state index in [1.807, 2.05) is 30.0 Å². The molecular formula is C27H35ClN6O4S. The molecule has 210 valence electrons. The summed E-state index contributed by atoms with van der Waals surface area (Å²) in [5.41, 5.74) is 3.18. The van der Waals surface area contributed by atoms with Gasteiger partial charge in [0, 0.05) is 58.0 Å². The van der Waals surface area contributed by atoms with E-state index in [0.29, 0.717) is 32.1 Å². The van der Waals surface area contributed by atoms with Gasteiger partial charge in [-0.3, -0.25) is 9.52 Å². The molecule has 2 aromatic carbocycles. The van der Waals surface area contributed by atoms with E-state index in [1.165, 1.54) is 24.8 Å². The van der Waals surface area contributed by atoms with E-state index in [0.717, 1.165) is 35.8 Å². The fraction of sp³-hybridized carbons (Fsp3) is 0.370. The second-order valence-corrected chi connectivity index (χ2v) is 11.7. The third-order valence-electron chi connectivity index (χ3n) is 7.21. The van der Waals surface area contributed by atoms with Crippen molar-refractivity contribution < 1.29 is 20.8 Å². The first-order valence-electron chi connectivity index (χ1n) is 12.8. The highest BCUT2D eigenvalue weighted by Crippen LogP contribution is 2.31. The lowest BCUT2D eigenvalue weighted by Gasteiger charge is -2.41. The highest BCUT2D eigenvalue weighted by atomic mass is 35.5. The smallest absolute Gasteiger partial charge is 0.263 e. The van der Waals surface area contributed by atoms with E-state index in [2.05, 4.69) is 24.7 Å². The number of benzene rings is 2. The SMILES string of the molecule is COc1ccc(NS(=O)(=O)c2ccc(N3CCN(C(=O)[C@@H](C)N4CCCc5cc(Cl)ccc54)CC3)cc2)nn1.[HH].[HH]. The summed E-state index contributed by atoms with van der Waals surface area (Å²) < 4.78 is 32.9. The van der Waals surface area contributed by atoms with Gasteiger partial charge in [-0.2, -0.15) is 0 Å². The molecule has 39 heavy (non-hydrogen) atoms. The normalized spacial score (nSPS) is 16.4. The molecule has 0 spiro atoms. The van der Waals surface area contributed by atoms with Crippen LogP contribution in [-0.2, 0) is 21.2 Å². The van der Waals surface area contributed by atoms with Crippen LogP contribution < -0.4 is 19.3 Å². The number of aryl methyl sites for hydroxylation is 1. The van der Waals surface area contributed by atoms with Crippen LogP contribution in [-0.4, -0.2) is 75.3 Å². The Morgan fingerprint density at radius 3 is 2.44 bits per heavy atom. The summed E-state index contributed by atoms with van der Waals surface area (Å²) >= 11 is 6.19. The Labute approximate surface area is 236 Å². The van der Waals surface area contributed by atoms with Crippen molar-refractivity contribution in [1.29, 1.82) is 0 Å². The standard InChI is InChI=1S/C27H31ClN6O4S.2H2/c1-19(34-13-3-4-20-18-21(28)5-10-24(20)34)27(35)33-16-14-32(15-17-33)22-6-8-23(9-7-22)39(36,37)31-25-11-12-26(38-2)30-29-25;;/h5-12,18-19H,3-4,13-17H2,1-2H3,(H,29,31);2*1H/t19-;;/m1../s1. The quantitative estimate of drug-likeness (QED) is 0.452. The van der Waals surface area contributed by atoms with Crippen LogP contribution in [0.1, 0.15) is 21.8 Å². The molecule has 3 aromatic rings. The number of piperazine rings is 1. The number of nitrogens with one attached hydrogen (secondary N) is 1. The first kappa shape index (κ1) is 27.0. The highest BCUT2D eigenvalue weighted by Gasteiger charge is 2.31. The summed E-state index contributed by atoms with van der Waals surface area (Å²) in [6.45, 7) is 5.34. The Bertz CT molecular complexity index is 1440. The number of methoxy groups -OCH3 is 1. The minimum atomic E-state index is -3.82. The maximum absolute atomic E-state index is 13.4. The van der Waals surface area contributed by atoms with Gasteiger partial charge in [-0.05, 0) is 73.9 Å². The summed E-state index contributed by atoms with van der Waals surface area (Å²) in [6, 6.07) is 15.3. The predicted molar refractivity (Wildman–Crippen MR) is 155 cm³/mol. The largest absolute Gasteiger partial charge is 0.480 e. The van der Waals surface area contributed by atoms with Gasteiger partial charge in [0.15, 0.2) is 5.82 Å². The number of fused-ring (bicyclic) bond motifs is 1. The maximum atomic E-state index is 13.4. The van der Waals surface area contributed by atoms with Crippen LogP contribution in [0, 0.1) is 0 Å². The van der Waals surface area contributed by atoms with Crippen molar-refractivity contribution >= 4 is 44.7 Å². The monoisotopic (exact) mass is 574 g/mol. The lowest BCUT2D eigenvalue weighted by atomic mass is 10.00. The Hall–Kier alpha value is -3.57. The van der Waals surface area contributed by atoms with E-state index in [-0.39, 0.29) is 25.5 Å². The summed E-state index contributed by atoms with van der Waals surface area (Å²) in [7, 11) is -2.36. The summed E-state index contributed by atoms with van der Waals surface area (Å²) in [4.78, 5) is 19.8. The molecule has 0 unspecified atom stereocenters. The first-order chi connectivity index (χ1) is 18.7. The van der Waals surface area contributed by atoms with Crippen molar-refractivity contribution in [2.75, 3.05) is 54.4 Å². The number of ether oxygens (including phenoxy) is 1. The van der Waals surface area contributed by atoms with E-state index in [1.54, 1.807) is 24.3 Å². The van der Waals surface area contributed by atoms with E-state index >= 15 is 0 Å². The molecule has 12 heteroatoms. The Balaban J connectivity index is 0.00000231. The second-order valence-electron chi connectivity index (χ2n) is 9.62. The zero-order valence-corrected chi connectivity index (χ0v) is 23.5. The summed E-state index contributed by atoms with van der Waals surface area (Å²) in [5.74, 6) is 0.513. The lowest BCUT2D eigenvalue weighted by molar-refractivity contribution is -0.132. The fourth-order valence-electron chi connectivity index (χ4n) is 5.10. The number of carbonyl (C=O) groups is 1. The van der Waals surface area contributed by atoms with E-state index in [9.17, 15) is 13.2 Å². The highest BCUT2D eigenvalue weighted by molar-refractivity contribution is 7.92. The van der Waals surface area contributed by atoms with Crippen LogP contribution in [0.5, 0.6) is 5.88 Å². The van der Waals surface area contributed by atoms with Gasteiger partial charge in [0.2, 0.25) is 11.8 Å². The molecule has 0 saturated carbocycles. The third-order valence-corrected chi connectivity index (χ3v) is 8.82. The van der Waals surface area contributed by atoms with Gasteiger partial charge in [-0.25, -0.2) is 8.42 Å². The third kappa shape index (κ3) is 5.89. The molecule has 0 radical (unpaired) electrons. The topological polar surface area (TPSA) is 108 Å². The van der Waals surface area contributed by atoms with E-state index in [4.69, 9.17) is 16.3 Å². The molecule has 1 atom stereocenters. The first-order valence-corrected chi connectivity index (χ1v) is 14.7. The average molecular weight is 575 g/mol. The van der Waals surface area contributed by atoms with Gasteiger partial charge in [0.1, 0.15) is 6.04 Å². The number of nitrogens with zero attached hydrogens (tertiary/aromatic N) is 5. The number of sulfonamides is 1. The molecule has 3 heterocycles. The number of halogens is 1. The molecule has 5 rings (SSSR count).